The second-order valence-electron chi connectivity index (χ2n) is 2.96. The zero-order valence-corrected chi connectivity index (χ0v) is 8.67. The molecule has 1 aromatic rings. The van der Waals surface area contributed by atoms with Crippen LogP contribution in [0.25, 0.3) is 0 Å². The summed E-state index contributed by atoms with van der Waals surface area (Å²) in [6.45, 7) is 0.281. The van der Waals surface area contributed by atoms with Crippen LogP contribution >= 0.6 is 15.9 Å². The Morgan fingerprint density at radius 1 is 1.57 bits per heavy atom. The Morgan fingerprint density at radius 3 is 2.93 bits per heavy atom. The van der Waals surface area contributed by atoms with Gasteiger partial charge in [-0.15, -0.1) is 0 Å². The summed E-state index contributed by atoms with van der Waals surface area (Å²) < 4.78 is 18.1. The lowest BCUT2D eigenvalue weighted by Gasteiger charge is -2.09. The SMILES string of the molecule is O=C1N[C@H](c2ccc(F)cc2Br)CO1. The highest BCUT2D eigenvalue weighted by Crippen LogP contribution is 2.26. The van der Waals surface area contributed by atoms with E-state index in [-0.39, 0.29) is 18.5 Å². The minimum atomic E-state index is -0.439. The Balaban J connectivity index is 2.28. The number of carbonyl (C=O) groups excluding carboxylic acids is 1. The lowest BCUT2D eigenvalue weighted by Crippen LogP contribution is -2.18. The lowest BCUT2D eigenvalue weighted by molar-refractivity contribution is 0.177. The van der Waals surface area contributed by atoms with Gasteiger partial charge in [0.15, 0.2) is 0 Å². The van der Waals surface area contributed by atoms with Crippen molar-refractivity contribution in [1.82, 2.24) is 5.32 Å². The lowest BCUT2D eigenvalue weighted by atomic mass is 10.1. The highest BCUT2D eigenvalue weighted by Gasteiger charge is 2.25. The molecular formula is C9H7BrFNO2. The predicted molar refractivity (Wildman–Crippen MR) is 51.3 cm³/mol. The van der Waals surface area contributed by atoms with Crippen molar-refractivity contribution >= 4 is 22.0 Å². The molecule has 0 spiro atoms. The summed E-state index contributed by atoms with van der Waals surface area (Å²) in [5, 5.41) is 2.62. The zero-order valence-electron chi connectivity index (χ0n) is 7.09. The van der Waals surface area contributed by atoms with E-state index in [2.05, 4.69) is 21.2 Å². The first-order valence-electron chi connectivity index (χ1n) is 4.05. The Morgan fingerprint density at radius 2 is 2.36 bits per heavy atom. The summed E-state index contributed by atoms with van der Waals surface area (Å²) in [4.78, 5) is 10.8. The number of amides is 1. The molecule has 1 saturated heterocycles. The number of rotatable bonds is 1. The van der Waals surface area contributed by atoms with E-state index >= 15 is 0 Å². The van der Waals surface area contributed by atoms with E-state index in [1.54, 1.807) is 6.07 Å². The molecule has 1 aliphatic heterocycles. The molecule has 0 radical (unpaired) electrons. The van der Waals surface area contributed by atoms with Crippen LogP contribution in [0.5, 0.6) is 0 Å². The topological polar surface area (TPSA) is 38.3 Å². The summed E-state index contributed by atoms with van der Waals surface area (Å²) in [6.07, 6.45) is -0.439. The molecule has 1 atom stereocenters. The summed E-state index contributed by atoms with van der Waals surface area (Å²) in [6, 6.07) is 4.14. The predicted octanol–water partition coefficient (Wildman–Crippen LogP) is 2.37. The quantitative estimate of drug-likeness (QED) is 0.841. The molecule has 1 N–H and O–H groups in total. The molecule has 0 aliphatic carbocycles. The standard InChI is InChI=1S/C9H7BrFNO2/c10-7-3-5(11)1-2-6(7)8-4-14-9(13)12-8/h1-3,8H,4H2,(H,12,13)/t8-/m0/s1. The van der Waals surface area contributed by atoms with E-state index in [1.165, 1.54) is 12.1 Å². The molecule has 3 nitrogen and oxygen atoms in total. The number of carbonyl (C=O) groups is 1. The number of hydrogen-bond donors (Lipinski definition) is 1. The molecule has 0 saturated carbocycles. The van der Waals surface area contributed by atoms with Gasteiger partial charge in [0.2, 0.25) is 0 Å². The van der Waals surface area contributed by atoms with Crippen molar-refractivity contribution in [3.05, 3.63) is 34.1 Å². The maximum atomic E-state index is 12.8. The minimum absolute atomic E-state index is 0.197. The van der Waals surface area contributed by atoms with Crippen LogP contribution in [0.3, 0.4) is 0 Å². The van der Waals surface area contributed by atoms with Crippen molar-refractivity contribution in [2.75, 3.05) is 6.61 Å². The first-order valence-corrected chi connectivity index (χ1v) is 4.84. The van der Waals surface area contributed by atoms with Crippen molar-refractivity contribution in [3.63, 3.8) is 0 Å². The molecule has 74 valence electrons. The molecular weight excluding hydrogens is 253 g/mol. The number of cyclic esters (lactones) is 1. The molecule has 14 heavy (non-hydrogen) atoms. The monoisotopic (exact) mass is 259 g/mol. The van der Waals surface area contributed by atoms with E-state index in [0.29, 0.717) is 4.47 Å². The van der Waals surface area contributed by atoms with Crippen LogP contribution in [0, 0.1) is 5.82 Å². The molecule has 0 unspecified atom stereocenters. The van der Waals surface area contributed by atoms with Crippen molar-refractivity contribution in [2.45, 2.75) is 6.04 Å². The number of ether oxygens (including phenoxy) is 1. The van der Waals surface area contributed by atoms with E-state index in [4.69, 9.17) is 4.74 Å². The van der Waals surface area contributed by atoms with Crippen molar-refractivity contribution in [1.29, 1.82) is 0 Å². The number of nitrogens with one attached hydrogen (secondary N) is 1. The molecule has 1 aliphatic rings. The van der Waals surface area contributed by atoms with Crippen molar-refractivity contribution < 1.29 is 13.9 Å². The largest absolute Gasteiger partial charge is 0.447 e. The third-order valence-corrected chi connectivity index (χ3v) is 2.70. The first kappa shape index (κ1) is 9.45. The Labute approximate surface area is 88.4 Å². The summed E-state index contributed by atoms with van der Waals surface area (Å²) in [7, 11) is 0. The maximum Gasteiger partial charge on any atom is 0.407 e. The molecule has 2 rings (SSSR count). The van der Waals surface area contributed by atoms with Crippen molar-refractivity contribution in [3.8, 4) is 0 Å². The second-order valence-corrected chi connectivity index (χ2v) is 3.82. The fourth-order valence-corrected chi connectivity index (χ4v) is 1.96. The van der Waals surface area contributed by atoms with Gasteiger partial charge in [0, 0.05) is 4.47 Å². The molecule has 1 aromatic carbocycles. The van der Waals surface area contributed by atoms with Crippen LogP contribution in [0.1, 0.15) is 11.6 Å². The summed E-state index contributed by atoms with van der Waals surface area (Å²) in [5.74, 6) is -0.314. The minimum Gasteiger partial charge on any atom is -0.447 e. The Kier molecular flexibility index (Phi) is 2.41. The normalized spacial score (nSPS) is 20.4. The highest BCUT2D eigenvalue weighted by molar-refractivity contribution is 9.10. The van der Waals surface area contributed by atoms with Gasteiger partial charge in [-0.25, -0.2) is 9.18 Å². The first-order chi connectivity index (χ1) is 6.66. The number of alkyl carbamates (subject to hydrolysis) is 1. The van der Waals surface area contributed by atoms with Crippen LogP contribution in [-0.4, -0.2) is 12.7 Å². The molecule has 1 heterocycles. The molecule has 0 aromatic heterocycles. The van der Waals surface area contributed by atoms with Gasteiger partial charge in [-0.1, -0.05) is 22.0 Å². The fourth-order valence-electron chi connectivity index (χ4n) is 1.34. The van der Waals surface area contributed by atoms with Crippen LogP contribution in [0.15, 0.2) is 22.7 Å². The highest BCUT2D eigenvalue weighted by atomic mass is 79.9. The number of hydrogen-bond acceptors (Lipinski definition) is 2. The van der Waals surface area contributed by atoms with E-state index < -0.39 is 6.09 Å². The average Bonchev–Trinajstić information content (AvgIpc) is 2.51. The Bertz CT molecular complexity index is 383. The van der Waals surface area contributed by atoms with Gasteiger partial charge in [-0.3, -0.25) is 0 Å². The van der Waals surface area contributed by atoms with Crippen molar-refractivity contribution in [2.24, 2.45) is 0 Å². The second kappa shape index (κ2) is 3.57. The van der Waals surface area contributed by atoms with Gasteiger partial charge in [-0.2, -0.15) is 0 Å². The van der Waals surface area contributed by atoms with Gasteiger partial charge in [0.05, 0.1) is 6.04 Å². The van der Waals surface area contributed by atoms with Gasteiger partial charge in [-0.05, 0) is 17.7 Å². The average molecular weight is 260 g/mol. The molecule has 1 fully saturated rings. The van der Waals surface area contributed by atoms with E-state index in [1.807, 2.05) is 0 Å². The maximum absolute atomic E-state index is 12.8. The molecule has 0 bridgehead atoms. The number of benzene rings is 1. The third-order valence-electron chi connectivity index (χ3n) is 2.01. The summed E-state index contributed by atoms with van der Waals surface area (Å²) in [5.41, 5.74) is 0.817. The van der Waals surface area contributed by atoms with Crippen LogP contribution < -0.4 is 5.32 Å². The fraction of sp³-hybridized carbons (Fsp3) is 0.222. The van der Waals surface area contributed by atoms with Gasteiger partial charge >= 0.3 is 6.09 Å². The number of halogens is 2. The van der Waals surface area contributed by atoms with Gasteiger partial charge in [0.1, 0.15) is 12.4 Å². The molecule has 5 heteroatoms. The van der Waals surface area contributed by atoms with Gasteiger partial charge < -0.3 is 10.1 Å². The Hall–Kier alpha value is -1.10. The molecule has 1 amide bonds. The van der Waals surface area contributed by atoms with Crippen LogP contribution in [-0.2, 0) is 4.74 Å². The van der Waals surface area contributed by atoms with Crippen LogP contribution in [0.2, 0.25) is 0 Å². The third kappa shape index (κ3) is 1.72. The van der Waals surface area contributed by atoms with Gasteiger partial charge in [0.25, 0.3) is 0 Å². The summed E-state index contributed by atoms with van der Waals surface area (Å²) >= 11 is 3.23. The van der Waals surface area contributed by atoms with E-state index in [9.17, 15) is 9.18 Å². The van der Waals surface area contributed by atoms with E-state index in [0.717, 1.165) is 5.56 Å². The van der Waals surface area contributed by atoms with Crippen LogP contribution in [0.4, 0.5) is 9.18 Å². The smallest absolute Gasteiger partial charge is 0.407 e. The zero-order chi connectivity index (χ0) is 10.1.